The molecular weight excluding hydrogens is 306 g/mol. The lowest BCUT2D eigenvalue weighted by molar-refractivity contribution is 0.00940. The Hall–Kier alpha value is -1.99. The van der Waals surface area contributed by atoms with Crippen LogP contribution >= 0.6 is 0 Å². The second-order valence-corrected chi connectivity index (χ2v) is 7.33. The fraction of sp³-hybridized carbons (Fsp3) is 0.588. The fourth-order valence-electron chi connectivity index (χ4n) is 4.28. The number of rotatable bonds is 2. The maximum Gasteiger partial charge on any atom is 0.253 e. The molecule has 1 aliphatic heterocycles. The monoisotopic (exact) mass is 329 g/mol. The van der Waals surface area contributed by atoms with Gasteiger partial charge in [-0.2, -0.15) is 15.4 Å². The Morgan fingerprint density at radius 2 is 1.92 bits per heavy atom. The summed E-state index contributed by atoms with van der Waals surface area (Å²) in [6, 6.07) is 5.61. The van der Waals surface area contributed by atoms with Crippen LogP contribution in [0.1, 0.15) is 23.2 Å². The van der Waals surface area contributed by atoms with Crippen molar-refractivity contribution in [3.05, 3.63) is 23.8 Å². The quantitative estimate of drug-likeness (QED) is 0.848. The number of hydrogen-bond acceptors (Lipinski definition) is 5. The van der Waals surface area contributed by atoms with Gasteiger partial charge >= 0.3 is 0 Å². The van der Waals surface area contributed by atoms with Gasteiger partial charge in [0.2, 0.25) is 0 Å². The molecule has 0 bridgehead atoms. The molecular formula is C17H23N5O2. The molecule has 128 valence electrons. The molecule has 2 aliphatic rings. The molecule has 1 aromatic heterocycles. The lowest BCUT2D eigenvalue weighted by Gasteiger charge is -2.38. The van der Waals surface area contributed by atoms with Gasteiger partial charge in [-0.15, -0.1) is 0 Å². The van der Waals surface area contributed by atoms with Crippen molar-refractivity contribution < 1.29 is 9.90 Å². The number of aromatic amines is 1. The highest BCUT2D eigenvalue weighted by Gasteiger charge is 2.43. The maximum absolute atomic E-state index is 12.8. The van der Waals surface area contributed by atoms with Gasteiger partial charge in [0.1, 0.15) is 11.0 Å². The van der Waals surface area contributed by atoms with Crippen molar-refractivity contribution in [3.63, 3.8) is 0 Å². The molecule has 4 rings (SSSR count). The number of carbonyl (C=O) groups is 1. The van der Waals surface area contributed by atoms with Crippen LogP contribution in [0.3, 0.4) is 0 Å². The molecule has 0 radical (unpaired) electrons. The van der Waals surface area contributed by atoms with Crippen molar-refractivity contribution >= 4 is 16.9 Å². The molecule has 24 heavy (non-hydrogen) atoms. The molecule has 2 aromatic rings. The highest BCUT2D eigenvalue weighted by molar-refractivity contribution is 5.97. The van der Waals surface area contributed by atoms with Crippen LogP contribution in [0, 0.1) is 11.8 Å². The Morgan fingerprint density at radius 3 is 2.67 bits per heavy atom. The Labute approximate surface area is 140 Å². The number of carbonyl (C=O) groups excluding carboxylic acids is 1. The fourth-order valence-corrected chi connectivity index (χ4v) is 4.28. The van der Waals surface area contributed by atoms with Gasteiger partial charge in [0, 0.05) is 24.7 Å². The zero-order chi connectivity index (χ0) is 16.8. The number of aliphatic hydroxyl groups is 1. The van der Waals surface area contributed by atoms with Gasteiger partial charge in [0.15, 0.2) is 0 Å². The van der Waals surface area contributed by atoms with E-state index in [4.69, 9.17) is 0 Å². The van der Waals surface area contributed by atoms with Crippen LogP contribution in [0.2, 0.25) is 0 Å². The normalized spacial score (nSPS) is 30.1. The number of aliphatic hydroxyl groups excluding tert-OH is 1. The maximum atomic E-state index is 12.8. The molecule has 1 aromatic carbocycles. The van der Waals surface area contributed by atoms with Gasteiger partial charge in [-0.25, -0.2) is 0 Å². The van der Waals surface area contributed by atoms with E-state index in [9.17, 15) is 9.90 Å². The standard InChI is InChI=1S/C17H23N5O2/c1-21(2)15-6-11-8-22(9-12(11)7-16(15)23)17(24)10-3-4-13-14(5-10)19-20-18-13/h3-5,11-12,15-16,23H,6-9H2,1-2H3,(H,18,19,20)/t11-,12+,15-,16-/m1/s1. The SMILES string of the molecule is CN(C)[C@@H]1C[C@@H]2CN(C(=O)c3ccc4n[nH]nc4c3)C[C@@H]2C[C@H]1O. The zero-order valence-electron chi connectivity index (χ0n) is 14.0. The van der Waals surface area contributed by atoms with E-state index in [1.807, 2.05) is 31.1 Å². The van der Waals surface area contributed by atoms with Crippen molar-refractivity contribution in [1.82, 2.24) is 25.2 Å². The summed E-state index contributed by atoms with van der Waals surface area (Å²) in [7, 11) is 4.03. The average Bonchev–Trinajstić information content (AvgIpc) is 3.18. The molecule has 1 saturated carbocycles. The van der Waals surface area contributed by atoms with Gasteiger partial charge in [-0.3, -0.25) is 4.79 Å². The summed E-state index contributed by atoms with van der Waals surface area (Å²) in [6.07, 6.45) is 1.42. The predicted octanol–water partition coefficient (Wildman–Crippen LogP) is 0.731. The lowest BCUT2D eigenvalue weighted by atomic mass is 9.77. The van der Waals surface area contributed by atoms with E-state index < -0.39 is 0 Å². The predicted molar refractivity (Wildman–Crippen MR) is 89.5 cm³/mol. The van der Waals surface area contributed by atoms with Crippen molar-refractivity contribution in [2.24, 2.45) is 11.8 Å². The summed E-state index contributed by atoms with van der Waals surface area (Å²) < 4.78 is 0. The number of amides is 1. The summed E-state index contributed by atoms with van der Waals surface area (Å²) in [5.41, 5.74) is 2.12. The van der Waals surface area contributed by atoms with Crippen LogP contribution in [-0.2, 0) is 0 Å². The molecule has 1 aliphatic carbocycles. The van der Waals surface area contributed by atoms with Crippen molar-refractivity contribution in [1.29, 1.82) is 0 Å². The topological polar surface area (TPSA) is 85.4 Å². The third-order valence-corrected chi connectivity index (χ3v) is 5.62. The van der Waals surface area contributed by atoms with E-state index in [-0.39, 0.29) is 18.1 Å². The molecule has 0 spiro atoms. The third-order valence-electron chi connectivity index (χ3n) is 5.62. The number of hydrogen-bond donors (Lipinski definition) is 2. The molecule has 2 N–H and O–H groups in total. The molecule has 4 atom stereocenters. The van der Waals surface area contributed by atoms with E-state index in [0.717, 1.165) is 31.4 Å². The summed E-state index contributed by atoms with van der Waals surface area (Å²) >= 11 is 0. The number of nitrogens with zero attached hydrogens (tertiary/aromatic N) is 4. The van der Waals surface area contributed by atoms with Gasteiger partial charge < -0.3 is 14.9 Å². The molecule has 7 nitrogen and oxygen atoms in total. The van der Waals surface area contributed by atoms with E-state index in [0.29, 0.717) is 22.9 Å². The summed E-state index contributed by atoms with van der Waals surface area (Å²) in [5, 5.41) is 21.0. The number of H-pyrrole nitrogens is 1. The first kappa shape index (κ1) is 15.5. The number of aromatic nitrogens is 3. The number of fused-ring (bicyclic) bond motifs is 2. The third kappa shape index (κ3) is 2.57. The summed E-state index contributed by atoms with van der Waals surface area (Å²) in [4.78, 5) is 16.9. The minimum atomic E-state index is -0.303. The van der Waals surface area contributed by atoms with Gasteiger partial charge in [-0.05, 0) is 57.0 Å². The van der Waals surface area contributed by atoms with Crippen LogP contribution in [0.25, 0.3) is 11.0 Å². The van der Waals surface area contributed by atoms with Gasteiger partial charge in [0.25, 0.3) is 5.91 Å². The molecule has 0 unspecified atom stereocenters. The zero-order valence-corrected chi connectivity index (χ0v) is 14.0. The molecule has 2 fully saturated rings. The summed E-state index contributed by atoms with van der Waals surface area (Å²) in [6.45, 7) is 1.51. The number of nitrogens with one attached hydrogen (secondary N) is 1. The molecule has 1 saturated heterocycles. The van der Waals surface area contributed by atoms with Crippen molar-refractivity contribution in [2.75, 3.05) is 27.2 Å². The molecule has 1 amide bonds. The smallest absolute Gasteiger partial charge is 0.253 e. The minimum absolute atomic E-state index is 0.0465. The van der Waals surface area contributed by atoms with Crippen LogP contribution in [0.5, 0.6) is 0 Å². The lowest BCUT2D eigenvalue weighted by Crippen LogP contribution is -2.46. The van der Waals surface area contributed by atoms with Gasteiger partial charge in [0.05, 0.1) is 6.10 Å². The molecule has 2 heterocycles. The first-order chi connectivity index (χ1) is 11.5. The largest absolute Gasteiger partial charge is 0.391 e. The van der Waals surface area contributed by atoms with Crippen molar-refractivity contribution in [3.8, 4) is 0 Å². The first-order valence-corrected chi connectivity index (χ1v) is 8.47. The van der Waals surface area contributed by atoms with Crippen LogP contribution < -0.4 is 0 Å². The van der Waals surface area contributed by atoms with Crippen molar-refractivity contribution in [2.45, 2.75) is 25.0 Å². The van der Waals surface area contributed by atoms with E-state index in [1.54, 1.807) is 6.07 Å². The van der Waals surface area contributed by atoms with Crippen LogP contribution in [-0.4, -0.2) is 75.6 Å². The first-order valence-electron chi connectivity index (χ1n) is 8.47. The van der Waals surface area contributed by atoms with Gasteiger partial charge in [-0.1, -0.05) is 0 Å². The average molecular weight is 329 g/mol. The highest BCUT2D eigenvalue weighted by Crippen LogP contribution is 2.38. The Morgan fingerprint density at radius 1 is 1.21 bits per heavy atom. The molecule has 7 heteroatoms. The number of likely N-dealkylation sites (tertiary alicyclic amines) is 1. The Balaban J connectivity index is 1.51. The Kier molecular flexibility index (Phi) is 3.77. The summed E-state index contributed by atoms with van der Waals surface area (Å²) in [5.74, 6) is 0.918. The number of likely N-dealkylation sites (N-methyl/N-ethyl adjacent to an activating group) is 1. The van der Waals surface area contributed by atoms with E-state index >= 15 is 0 Å². The minimum Gasteiger partial charge on any atom is -0.391 e. The van der Waals surface area contributed by atoms with E-state index in [2.05, 4.69) is 20.3 Å². The van der Waals surface area contributed by atoms with Crippen LogP contribution in [0.15, 0.2) is 18.2 Å². The van der Waals surface area contributed by atoms with E-state index in [1.165, 1.54) is 0 Å². The van der Waals surface area contributed by atoms with Crippen LogP contribution in [0.4, 0.5) is 0 Å². The highest BCUT2D eigenvalue weighted by atomic mass is 16.3. The number of benzene rings is 1. The Bertz CT molecular complexity index is 758. The second-order valence-electron chi connectivity index (χ2n) is 7.33. The second kappa shape index (κ2) is 5.82.